The summed E-state index contributed by atoms with van der Waals surface area (Å²) in [4.78, 5) is 30.5. The van der Waals surface area contributed by atoms with E-state index in [2.05, 4.69) is 25.3 Å². The highest BCUT2D eigenvalue weighted by Crippen LogP contribution is 2.14. The lowest BCUT2D eigenvalue weighted by Crippen LogP contribution is -2.47. The third-order valence-electron chi connectivity index (χ3n) is 4.11. The van der Waals surface area contributed by atoms with Gasteiger partial charge >= 0.3 is 6.09 Å². The number of nitrogens with zero attached hydrogens (tertiary/aromatic N) is 2. The third kappa shape index (κ3) is 6.18. The second-order valence-corrected chi connectivity index (χ2v) is 6.66. The molecule has 1 aromatic rings. The Hall–Kier alpha value is -2.35. The summed E-state index contributed by atoms with van der Waals surface area (Å²) in [6.07, 6.45) is 1.67. The number of nitrogens with one attached hydrogen (secondary N) is 2. The van der Waals surface area contributed by atoms with E-state index in [1.54, 1.807) is 6.20 Å². The van der Waals surface area contributed by atoms with Crippen molar-refractivity contribution in [2.45, 2.75) is 32.9 Å². The summed E-state index contributed by atoms with van der Waals surface area (Å²) in [5.74, 6) is 0.914. The van der Waals surface area contributed by atoms with E-state index in [4.69, 9.17) is 4.74 Å². The third-order valence-corrected chi connectivity index (χ3v) is 4.11. The van der Waals surface area contributed by atoms with Crippen molar-refractivity contribution in [3.8, 4) is 0 Å². The molecule has 1 fully saturated rings. The summed E-state index contributed by atoms with van der Waals surface area (Å²) in [7, 11) is 1.28. The lowest BCUT2D eigenvalue weighted by atomic mass is 10.0. The second-order valence-electron chi connectivity index (χ2n) is 6.66. The number of hydrogen-bond acceptors (Lipinski definition) is 6. The first kappa shape index (κ1) is 20.0. The van der Waals surface area contributed by atoms with Crippen LogP contribution < -0.4 is 15.5 Å². The van der Waals surface area contributed by atoms with Crippen LogP contribution in [-0.4, -0.2) is 56.4 Å². The van der Waals surface area contributed by atoms with Gasteiger partial charge in [0.25, 0.3) is 0 Å². The van der Waals surface area contributed by atoms with Crippen LogP contribution in [0.2, 0.25) is 0 Å². The summed E-state index contributed by atoms with van der Waals surface area (Å²) in [5.41, 5.74) is 0.955. The van der Waals surface area contributed by atoms with Gasteiger partial charge in [-0.1, -0.05) is 13.8 Å². The summed E-state index contributed by atoms with van der Waals surface area (Å²) in [5, 5.41) is 5.47. The first-order valence-electron chi connectivity index (χ1n) is 8.89. The molecule has 8 heteroatoms. The molecular weight excluding hydrogens is 336 g/mol. The molecule has 8 nitrogen and oxygen atoms in total. The SMILES string of the molecule is COC(=O)NC(CC(C)C)C(=O)NCc1ccnc(N2CCOCC2)c1. The summed E-state index contributed by atoms with van der Waals surface area (Å²) in [6.45, 7) is 7.37. The van der Waals surface area contributed by atoms with Gasteiger partial charge in [-0.05, 0) is 30.0 Å². The van der Waals surface area contributed by atoms with Gasteiger partial charge in [-0.25, -0.2) is 9.78 Å². The fourth-order valence-electron chi connectivity index (χ4n) is 2.75. The van der Waals surface area contributed by atoms with Gasteiger partial charge in [-0.2, -0.15) is 0 Å². The molecule has 0 bridgehead atoms. The molecule has 2 heterocycles. The highest BCUT2D eigenvalue weighted by molar-refractivity contribution is 5.85. The maximum absolute atomic E-state index is 12.5. The van der Waals surface area contributed by atoms with E-state index in [1.807, 2.05) is 26.0 Å². The van der Waals surface area contributed by atoms with Gasteiger partial charge in [0.05, 0.1) is 20.3 Å². The Labute approximate surface area is 154 Å². The predicted octanol–water partition coefficient (Wildman–Crippen LogP) is 1.31. The van der Waals surface area contributed by atoms with Crippen LogP contribution in [0.15, 0.2) is 18.3 Å². The van der Waals surface area contributed by atoms with Crippen molar-refractivity contribution in [2.24, 2.45) is 5.92 Å². The minimum Gasteiger partial charge on any atom is -0.453 e. The molecule has 144 valence electrons. The van der Waals surface area contributed by atoms with Gasteiger partial charge in [0.2, 0.25) is 5.91 Å². The molecule has 1 unspecified atom stereocenters. The van der Waals surface area contributed by atoms with Gasteiger partial charge < -0.3 is 25.0 Å². The largest absolute Gasteiger partial charge is 0.453 e. The van der Waals surface area contributed by atoms with Crippen molar-refractivity contribution >= 4 is 17.8 Å². The monoisotopic (exact) mass is 364 g/mol. The Morgan fingerprint density at radius 2 is 2.08 bits per heavy atom. The topological polar surface area (TPSA) is 92.8 Å². The van der Waals surface area contributed by atoms with E-state index in [9.17, 15) is 9.59 Å². The minimum atomic E-state index is -0.622. The molecule has 2 N–H and O–H groups in total. The number of morpholine rings is 1. The van der Waals surface area contributed by atoms with E-state index in [-0.39, 0.29) is 11.8 Å². The molecule has 0 radical (unpaired) electrons. The maximum atomic E-state index is 12.5. The zero-order valence-electron chi connectivity index (χ0n) is 15.7. The normalized spacial score (nSPS) is 15.5. The lowest BCUT2D eigenvalue weighted by molar-refractivity contribution is -0.123. The number of aromatic nitrogens is 1. The van der Waals surface area contributed by atoms with Crippen LogP contribution in [-0.2, 0) is 20.8 Å². The molecule has 1 aliphatic heterocycles. The predicted molar refractivity (Wildman–Crippen MR) is 97.9 cm³/mol. The number of carbonyl (C=O) groups excluding carboxylic acids is 2. The minimum absolute atomic E-state index is 0.228. The fraction of sp³-hybridized carbons (Fsp3) is 0.611. The number of methoxy groups -OCH3 is 1. The lowest BCUT2D eigenvalue weighted by Gasteiger charge is -2.28. The molecule has 1 atom stereocenters. The highest BCUT2D eigenvalue weighted by atomic mass is 16.5. The number of ether oxygens (including phenoxy) is 2. The Balaban J connectivity index is 1.94. The smallest absolute Gasteiger partial charge is 0.407 e. The van der Waals surface area contributed by atoms with Crippen molar-refractivity contribution < 1.29 is 19.1 Å². The molecule has 1 aromatic heterocycles. The second kappa shape index (κ2) is 9.96. The standard InChI is InChI=1S/C18H28N4O4/c1-13(2)10-15(21-18(24)25-3)17(23)20-12-14-4-5-19-16(11-14)22-6-8-26-9-7-22/h4-5,11,13,15H,6-10,12H2,1-3H3,(H,20,23)(H,21,24). The quantitative estimate of drug-likeness (QED) is 0.758. The van der Waals surface area contributed by atoms with Crippen LogP contribution in [0.1, 0.15) is 25.8 Å². The summed E-state index contributed by atoms with van der Waals surface area (Å²) < 4.78 is 9.96. The van der Waals surface area contributed by atoms with Crippen molar-refractivity contribution in [1.29, 1.82) is 0 Å². The molecule has 0 spiro atoms. The number of anilines is 1. The van der Waals surface area contributed by atoms with Gasteiger partial charge in [0.15, 0.2) is 0 Å². The van der Waals surface area contributed by atoms with Gasteiger partial charge in [0, 0.05) is 25.8 Å². The molecule has 2 amide bonds. The molecule has 26 heavy (non-hydrogen) atoms. The van der Waals surface area contributed by atoms with Crippen molar-refractivity contribution in [3.05, 3.63) is 23.9 Å². The molecule has 1 saturated heterocycles. The Morgan fingerprint density at radius 3 is 2.73 bits per heavy atom. The Bertz CT molecular complexity index is 603. The van der Waals surface area contributed by atoms with Gasteiger partial charge in [-0.15, -0.1) is 0 Å². The van der Waals surface area contributed by atoms with E-state index >= 15 is 0 Å². The number of amides is 2. The van der Waals surface area contributed by atoms with Crippen LogP contribution in [0.25, 0.3) is 0 Å². The van der Waals surface area contributed by atoms with Crippen LogP contribution in [0.4, 0.5) is 10.6 Å². The molecular formula is C18H28N4O4. The van der Waals surface area contributed by atoms with E-state index in [0.29, 0.717) is 26.2 Å². The molecule has 0 aliphatic carbocycles. The van der Waals surface area contributed by atoms with Gasteiger partial charge in [0.1, 0.15) is 11.9 Å². The van der Waals surface area contributed by atoms with Crippen molar-refractivity contribution in [2.75, 3.05) is 38.3 Å². The number of carbonyl (C=O) groups is 2. The number of hydrogen-bond donors (Lipinski definition) is 2. The molecule has 0 saturated carbocycles. The van der Waals surface area contributed by atoms with E-state index in [0.717, 1.165) is 24.5 Å². The van der Waals surface area contributed by atoms with E-state index < -0.39 is 12.1 Å². The van der Waals surface area contributed by atoms with Crippen molar-refractivity contribution in [3.63, 3.8) is 0 Å². The number of alkyl carbamates (subject to hydrolysis) is 1. The first-order chi connectivity index (χ1) is 12.5. The van der Waals surface area contributed by atoms with Crippen LogP contribution >= 0.6 is 0 Å². The van der Waals surface area contributed by atoms with Crippen LogP contribution in [0, 0.1) is 5.92 Å². The highest BCUT2D eigenvalue weighted by Gasteiger charge is 2.22. The first-order valence-corrected chi connectivity index (χ1v) is 8.89. The van der Waals surface area contributed by atoms with Crippen LogP contribution in [0.5, 0.6) is 0 Å². The Kier molecular flexibility index (Phi) is 7.65. The molecule has 0 aromatic carbocycles. The number of rotatable bonds is 7. The maximum Gasteiger partial charge on any atom is 0.407 e. The Morgan fingerprint density at radius 1 is 1.35 bits per heavy atom. The van der Waals surface area contributed by atoms with Crippen LogP contribution in [0.3, 0.4) is 0 Å². The molecule has 2 rings (SSSR count). The zero-order valence-corrected chi connectivity index (χ0v) is 15.7. The van der Waals surface area contributed by atoms with Gasteiger partial charge in [-0.3, -0.25) is 4.79 Å². The zero-order chi connectivity index (χ0) is 18.9. The number of pyridine rings is 1. The summed E-state index contributed by atoms with van der Waals surface area (Å²) in [6, 6.07) is 3.22. The average Bonchev–Trinajstić information content (AvgIpc) is 2.66. The average molecular weight is 364 g/mol. The van der Waals surface area contributed by atoms with Crippen molar-refractivity contribution in [1.82, 2.24) is 15.6 Å². The summed E-state index contributed by atoms with van der Waals surface area (Å²) >= 11 is 0. The van der Waals surface area contributed by atoms with E-state index in [1.165, 1.54) is 7.11 Å². The molecule has 1 aliphatic rings. The fourth-order valence-corrected chi connectivity index (χ4v) is 2.75.